The highest BCUT2D eigenvalue weighted by atomic mass is 16.5. The molecule has 3 N–H and O–H groups in total. The number of hydrogen-bond donors (Lipinski definition) is 2. The summed E-state index contributed by atoms with van der Waals surface area (Å²) in [6, 6.07) is -0.615. The van der Waals surface area contributed by atoms with Crippen LogP contribution in [0.1, 0.15) is 59.8 Å². The Morgan fingerprint density at radius 1 is 0.875 bits per heavy atom. The Labute approximate surface area is 146 Å². The molecule has 0 radical (unpaired) electrons. The quantitative estimate of drug-likeness (QED) is 0.446. The SMILES string of the molecule is CC(C)CCCC[C@@H](NC(=O)COCCOCCC(C)C)C(N)=O. The fourth-order valence-corrected chi connectivity index (χ4v) is 2.13. The number of ether oxygens (including phenoxy) is 2. The van der Waals surface area contributed by atoms with Crippen LogP contribution in [0.25, 0.3) is 0 Å². The number of carbonyl (C=O) groups is 2. The van der Waals surface area contributed by atoms with Crippen molar-refractivity contribution in [1.82, 2.24) is 5.32 Å². The summed E-state index contributed by atoms with van der Waals surface area (Å²) in [5.74, 6) is 0.445. The van der Waals surface area contributed by atoms with E-state index in [2.05, 4.69) is 33.0 Å². The summed E-state index contributed by atoms with van der Waals surface area (Å²) in [4.78, 5) is 23.2. The topological polar surface area (TPSA) is 90.7 Å². The number of unbranched alkanes of at least 4 members (excludes halogenated alkanes) is 1. The van der Waals surface area contributed by atoms with Gasteiger partial charge in [0.05, 0.1) is 13.2 Å². The van der Waals surface area contributed by atoms with Gasteiger partial charge in [0, 0.05) is 6.61 Å². The van der Waals surface area contributed by atoms with Crippen LogP contribution in [0, 0.1) is 11.8 Å². The molecule has 1 atom stereocenters. The van der Waals surface area contributed by atoms with Crippen LogP contribution in [-0.4, -0.2) is 44.3 Å². The predicted octanol–water partition coefficient (Wildman–Crippen LogP) is 2.25. The molecule has 0 saturated carbocycles. The molecule has 0 aromatic rings. The average molecular weight is 344 g/mol. The zero-order valence-electron chi connectivity index (χ0n) is 15.8. The van der Waals surface area contributed by atoms with Crippen LogP contribution in [0.15, 0.2) is 0 Å². The molecule has 6 nitrogen and oxygen atoms in total. The molecule has 6 heteroatoms. The third-order valence-corrected chi connectivity index (χ3v) is 3.65. The first-order valence-corrected chi connectivity index (χ1v) is 9.07. The molecule has 0 saturated heterocycles. The summed E-state index contributed by atoms with van der Waals surface area (Å²) >= 11 is 0. The van der Waals surface area contributed by atoms with Crippen molar-refractivity contribution in [3.63, 3.8) is 0 Å². The molecular formula is C18H36N2O4. The normalized spacial score (nSPS) is 12.6. The van der Waals surface area contributed by atoms with Gasteiger partial charge in [-0.1, -0.05) is 47.0 Å². The molecule has 0 aliphatic rings. The van der Waals surface area contributed by atoms with Crippen molar-refractivity contribution in [2.24, 2.45) is 17.6 Å². The second-order valence-corrected chi connectivity index (χ2v) is 7.05. The first-order chi connectivity index (χ1) is 11.3. The zero-order chi connectivity index (χ0) is 18.4. The monoisotopic (exact) mass is 344 g/mol. The fourth-order valence-electron chi connectivity index (χ4n) is 2.13. The van der Waals surface area contributed by atoms with Crippen molar-refractivity contribution < 1.29 is 19.1 Å². The summed E-state index contributed by atoms with van der Waals surface area (Å²) < 4.78 is 10.7. The van der Waals surface area contributed by atoms with E-state index in [1.54, 1.807) is 0 Å². The van der Waals surface area contributed by atoms with Crippen molar-refractivity contribution in [2.45, 2.75) is 65.8 Å². The van der Waals surface area contributed by atoms with Crippen molar-refractivity contribution in [3.05, 3.63) is 0 Å². The number of nitrogens with two attached hydrogens (primary N) is 1. The molecule has 2 amide bonds. The minimum Gasteiger partial charge on any atom is -0.379 e. The van der Waals surface area contributed by atoms with Crippen molar-refractivity contribution >= 4 is 11.8 Å². The molecule has 0 unspecified atom stereocenters. The van der Waals surface area contributed by atoms with Crippen LogP contribution in [-0.2, 0) is 19.1 Å². The molecule has 0 aliphatic heterocycles. The van der Waals surface area contributed by atoms with E-state index in [9.17, 15) is 9.59 Å². The van der Waals surface area contributed by atoms with Gasteiger partial charge in [-0.15, -0.1) is 0 Å². The minimum atomic E-state index is -0.615. The van der Waals surface area contributed by atoms with Gasteiger partial charge in [0.25, 0.3) is 0 Å². The molecule has 0 aromatic heterocycles. The summed E-state index contributed by atoms with van der Waals surface area (Å²) in [5.41, 5.74) is 5.35. The summed E-state index contributed by atoms with van der Waals surface area (Å²) in [5, 5.41) is 2.64. The highest BCUT2D eigenvalue weighted by molar-refractivity contribution is 5.86. The van der Waals surface area contributed by atoms with Crippen LogP contribution in [0.4, 0.5) is 0 Å². The van der Waals surface area contributed by atoms with E-state index in [0.717, 1.165) is 25.7 Å². The van der Waals surface area contributed by atoms with Crippen molar-refractivity contribution in [2.75, 3.05) is 26.4 Å². The Hall–Kier alpha value is -1.14. The van der Waals surface area contributed by atoms with Gasteiger partial charge in [-0.2, -0.15) is 0 Å². The summed E-state index contributed by atoms with van der Waals surface area (Å²) in [6.07, 6.45) is 4.60. The second kappa shape index (κ2) is 14.2. The van der Waals surface area contributed by atoms with E-state index in [1.807, 2.05) is 0 Å². The van der Waals surface area contributed by atoms with E-state index in [1.165, 1.54) is 0 Å². The van der Waals surface area contributed by atoms with Crippen molar-refractivity contribution in [1.29, 1.82) is 0 Å². The lowest BCUT2D eigenvalue weighted by atomic mass is 10.0. The number of carbonyl (C=O) groups excluding carboxylic acids is 2. The second-order valence-electron chi connectivity index (χ2n) is 7.05. The van der Waals surface area contributed by atoms with Crippen LogP contribution in [0.3, 0.4) is 0 Å². The lowest BCUT2D eigenvalue weighted by Gasteiger charge is -2.16. The maximum absolute atomic E-state index is 11.8. The molecule has 24 heavy (non-hydrogen) atoms. The smallest absolute Gasteiger partial charge is 0.246 e. The number of amides is 2. The first kappa shape index (κ1) is 22.9. The van der Waals surface area contributed by atoms with Gasteiger partial charge >= 0.3 is 0 Å². The Morgan fingerprint density at radius 2 is 1.46 bits per heavy atom. The zero-order valence-corrected chi connectivity index (χ0v) is 15.8. The van der Waals surface area contributed by atoms with Gasteiger partial charge < -0.3 is 20.5 Å². The Bertz CT molecular complexity index is 346. The molecule has 0 fully saturated rings. The van der Waals surface area contributed by atoms with E-state index >= 15 is 0 Å². The number of primary amides is 1. The van der Waals surface area contributed by atoms with Gasteiger partial charge in [-0.25, -0.2) is 0 Å². The predicted molar refractivity (Wildman–Crippen MR) is 95.5 cm³/mol. The van der Waals surface area contributed by atoms with E-state index < -0.39 is 11.9 Å². The van der Waals surface area contributed by atoms with E-state index in [0.29, 0.717) is 38.1 Å². The lowest BCUT2D eigenvalue weighted by molar-refractivity contribution is -0.130. The molecule has 0 rings (SSSR count). The van der Waals surface area contributed by atoms with Gasteiger partial charge in [-0.3, -0.25) is 9.59 Å². The summed E-state index contributed by atoms with van der Waals surface area (Å²) in [7, 11) is 0. The molecule has 0 spiro atoms. The van der Waals surface area contributed by atoms with Crippen LogP contribution < -0.4 is 11.1 Å². The number of hydrogen-bond acceptors (Lipinski definition) is 4. The largest absolute Gasteiger partial charge is 0.379 e. The molecule has 0 aromatic carbocycles. The Balaban J connectivity index is 3.77. The number of nitrogens with one attached hydrogen (secondary N) is 1. The van der Waals surface area contributed by atoms with Gasteiger partial charge in [-0.05, 0) is 24.7 Å². The van der Waals surface area contributed by atoms with Crippen LogP contribution >= 0.6 is 0 Å². The molecule has 0 heterocycles. The van der Waals surface area contributed by atoms with E-state index in [4.69, 9.17) is 15.2 Å². The fraction of sp³-hybridized carbons (Fsp3) is 0.889. The molecule has 0 bridgehead atoms. The highest BCUT2D eigenvalue weighted by Gasteiger charge is 2.17. The maximum atomic E-state index is 11.8. The van der Waals surface area contributed by atoms with Gasteiger partial charge in [0.1, 0.15) is 12.6 Å². The Morgan fingerprint density at radius 3 is 2.04 bits per heavy atom. The number of rotatable bonds is 15. The molecule has 142 valence electrons. The molecular weight excluding hydrogens is 308 g/mol. The van der Waals surface area contributed by atoms with Crippen LogP contribution in [0.5, 0.6) is 0 Å². The lowest BCUT2D eigenvalue weighted by Crippen LogP contribution is -2.45. The average Bonchev–Trinajstić information content (AvgIpc) is 2.48. The Kier molecular flexibility index (Phi) is 13.5. The van der Waals surface area contributed by atoms with Gasteiger partial charge in [0.2, 0.25) is 11.8 Å². The third kappa shape index (κ3) is 14.5. The van der Waals surface area contributed by atoms with Gasteiger partial charge in [0.15, 0.2) is 0 Å². The minimum absolute atomic E-state index is 0.0800. The third-order valence-electron chi connectivity index (χ3n) is 3.65. The van der Waals surface area contributed by atoms with Crippen LogP contribution in [0.2, 0.25) is 0 Å². The molecule has 0 aliphatic carbocycles. The van der Waals surface area contributed by atoms with E-state index in [-0.39, 0.29) is 12.5 Å². The first-order valence-electron chi connectivity index (χ1n) is 9.07. The standard InChI is InChI=1S/C18H36N2O4/c1-14(2)7-5-6-8-16(18(19)22)20-17(21)13-24-12-11-23-10-9-15(3)4/h14-16H,5-13H2,1-4H3,(H2,19,22)(H,20,21)/t16-/m1/s1. The highest BCUT2D eigenvalue weighted by Crippen LogP contribution is 2.09. The maximum Gasteiger partial charge on any atom is 0.246 e. The van der Waals surface area contributed by atoms with Crippen molar-refractivity contribution in [3.8, 4) is 0 Å². The summed E-state index contributed by atoms with van der Waals surface area (Å²) in [6.45, 7) is 10.1.